The number of hydrogen-bond acceptors (Lipinski definition) is 5. The van der Waals surface area contributed by atoms with E-state index in [0.29, 0.717) is 5.82 Å². The number of nitrogens with zero attached hydrogens (tertiary/aromatic N) is 2. The van der Waals surface area contributed by atoms with Crippen molar-refractivity contribution in [3.05, 3.63) is 53.7 Å². The second-order valence-electron chi connectivity index (χ2n) is 5.83. The summed E-state index contributed by atoms with van der Waals surface area (Å²) >= 11 is 0. The van der Waals surface area contributed by atoms with Gasteiger partial charge in [-0.2, -0.15) is 4.31 Å². The Kier molecular flexibility index (Phi) is 5.01. The summed E-state index contributed by atoms with van der Waals surface area (Å²) in [5, 5.41) is 5.22. The Hall–Kier alpha value is -2.78. The van der Waals surface area contributed by atoms with Crippen LogP contribution in [0, 0.1) is 6.92 Å². The van der Waals surface area contributed by atoms with E-state index in [2.05, 4.69) is 15.6 Å². The molecule has 136 valence electrons. The molecule has 1 aliphatic rings. The van der Waals surface area contributed by atoms with E-state index in [1.165, 1.54) is 24.3 Å². The van der Waals surface area contributed by atoms with Crippen molar-refractivity contribution in [2.24, 2.45) is 0 Å². The lowest BCUT2D eigenvalue weighted by Gasteiger charge is -2.26. The fourth-order valence-corrected chi connectivity index (χ4v) is 4.01. The number of carbonyl (C=O) groups excluding carboxylic acids is 2. The van der Waals surface area contributed by atoms with Gasteiger partial charge < -0.3 is 10.6 Å². The van der Waals surface area contributed by atoms with Gasteiger partial charge in [-0.3, -0.25) is 9.59 Å². The Morgan fingerprint density at radius 1 is 1.23 bits per heavy atom. The van der Waals surface area contributed by atoms with Crippen LogP contribution in [0.3, 0.4) is 0 Å². The summed E-state index contributed by atoms with van der Waals surface area (Å²) in [7, 11) is -3.85. The van der Waals surface area contributed by atoms with Crippen molar-refractivity contribution in [3.8, 4) is 0 Å². The maximum absolute atomic E-state index is 12.7. The standard InChI is InChI=1S/C17H18N4O4S/c1-12-4-2-7-15(19-12)20-17(23)13-5-3-6-14(10-13)26(24,25)21-9-8-18-16(22)11-21/h2-7,10H,8-9,11H2,1H3,(H,18,22)(H,19,20,23). The smallest absolute Gasteiger partial charge is 0.256 e. The van der Waals surface area contributed by atoms with Crippen molar-refractivity contribution >= 4 is 27.7 Å². The number of sulfonamides is 1. The Morgan fingerprint density at radius 3 is 2.73 bits per heavy atom. The Balaban J connectivity index is 1.83. The summed E-state index contributed by atoms with van der Waals surface area (Å²) < 4.78 is 26.5. The highest BCUT2D eigenvalue weighted by molar-refractivity contribution is 7.89. The molecule has 0 aliphatic carbocycles. The van der Waals surface area contributed by atoms with Gasteiger partial charge in [0.15, 0.2) is 0 Å². The average Bonchev–Trinajstić information content (AvgIpc) is 2.62. The fraction of sp³-hybridized carbons (Fsp3) is 0.235. The lowest BCUT2D eigenvalue weighted by atomic mass is 10.2. The van der Waals surface area contributed by atoms with E-state index in [4.69, 9.17) is 0 Å². The number of pyridine rings is 1. The normalized spacial score (nSPS) is 15.3. The number of aromatic nitrogens is 1. The molecule has 9 heteroatoms. The van der Waals surface area contributed by atoms with Gasteiger partial charge in [0.2, 0.25) is 15.9 Å². The van der Waals surface area contributed by atoms with Gasteiger partial charge in [0.1, 0.15) is 5.82 Å². The molecule has 1 aromatic heterocycles. The van der Waals surface area contributed by atoms with Crippen LogP contribution >= 0.6 is 0 Å². The second-order valence-corrected chi connectivity index (χ2v) is 7.77. The molecule has 2 amide bonds. The molecular formula is C17H18N4O4S. The monoisotopic (exact) mass is 374 g/mol. The van der Waals surface area contributed by atoms with Crippen LogP contribution in [-0.2, 0) is 14.8 Å². The van der Waals surface area contributed by atoms with Gasteiger partial charge in [-0.15, -0.1) is 0 Å². The summed E-state index contributed by atoms with van der Waals surface area (Å²) in [5.41, 5.74) is 0.943. The van der Waals surface area contributed by atoms with Gasteiger partial charge in [0, 0.05) is 24.3 Å². The summed E-state index contributed by atoms with van der Waals surface area (Å²) in [6.45, 7) is 2.03. The highest BCUT2D eigenvalue weighted by Crippen LogP contribution is 2.18. The maximum atomic E-state index is 12.7. The lowest BCUT2D eigenvalue weighted by molar-refractivity contribution is -0.122. The molecule has 0 spiro atoms. The van der Waals surface area contributed by atoms with Crippen molar-refractivity contribution in [2.75, 3.05) is 25.0 Å². The number of carbonyl (C=O) groups is 2. The third-order valence-electron chi connectivity index (χ3n) is 3.87. The van der Waals surface area contributed by atoms with Crippen LogP contribution in [0.15, 0.2) is 47.4 Å². The van der Waals surface area contributed by atoms with Crippen molar-refractivity contribution in [1.82, 2.24) is 14.6 Å². The lowest BCUT2D eigenvalue weighted by Crippen LogP contribution is -2.49. The summed E-state index contributed by atoms with van der Waals surface area (Å²) in [6.07, 6.45) is 0. The highest BCUT2D eigenvalue weighted by Gasteiger charge is 2.29. The van der Waals surface area contributed by atoms with Gasteiger partial charge in [-0.1, -0.05) is 12.1 Å². The minimum Gasteiger partial charge on any atom is -0.354 e. The number of benzene rings is 1. The SMILES string of the molecule is Cc1cccc(NC(=O)c2cccc(S(=O)(=O)N3CCNC(=O)C3)c2)n1. The molecular weight excluding hydrogens is 356 g/mol. The largest absolute Gasteiger partial charge is 0.354 e. The summed E-state index contributed by atoms with van der Waals surface area (Å²) in [4.78, 5) is 28.0. The first-order valence-corrected chi connectivity index (χ1v) is 9.42. The zero-order chi connectivity index (χ0) is 18.7. The number of amides is 2. The van der Waals surface area contributed by atoms with E-state index in [-0.39, 0.29) is 36.0 Å². The molecule has 0 radical (unpaired) electrons. The molecule has 0 atom stereocenters. The first-order valence-electron chi connectivity index (χ1n) is 7.98. The predicted molar refractivity (Wildman–Crippen MR) is 95.1 cm³/mol. The molecule has 2 heterocycles. The number of hydrogen-bond donors (Lipinski definition) is 2. The van der Waals surface area contributed by atoms with E-state index in [1.807, 2.05) is 0 Å². The molecule has 2 aromatic rings. The number of piperazine rings is 1. The third-order valence-corrected chi connectivity index (χ3v) is 5.71. The van der Waals surface area contributed by atoms with Gasteiger partial charge in [-0.25, -0.2) is 13.4 Å². The Morgan fingerprint density at radius 2 is 2.00 bits per heavy atom. The minimum absolute atomic E-state index is 0.0305. The van der Waals surface area contributed by atoms with Crippen LogP contribution in [0.2, 0.25) is 0 Å². The number of nitrogens with one attached hydrogen (secondary N) is 2. The molecule has 2 N–H and O–H groups in total. The molecule has 26 heavy (non-hydrogen) atoms. The van der Waals surface area contributed by atoms with Gasteiger partial charge in [-0.05, 0) is 37.3 Å². The Bertz CT molecular complexity index is 959. The minimum atomic E-state index is -3.85. The van der Waals surface area contributed by atoms with Crippen molar-refractivity contribution in [2.45, 2.75) is 11.8 Å². The topological polar surface area (TPSA) is 108 Å². The fourth-order valence-electron chi connectivity index (χ4n) is 2.57. The zero-order valence-corrected chi connectivity index (χ0v) is 14.9. The quantitative estimate of drug-likeness (QED) is 0.821. The van der Waals surface area contributed by atoms with E-state index < -0.39 is 15.9 Å². The molecule has 0 saturated carbocycles. The van der Waals surface area contributed by atoms with Gasteiger partial charge in [0.25, 0.3) is 5.91 Å². The average molecular weight is 374 g/mol. The van der Waals surface area contributed by atoms with Crippen LogP contribution in [-0.4, -0.2) is 49.2 Å². The van der Waals surface area contributed by atoms with Gasteiger partial charge >= 0.3 is 0 Å². The van der Waals surface area contributed by atoms with Crippen LogP contribution in [0.25, 0.3) is 0 Å². The zero-order valence-electron chi connectivity index (χ0n) is 14.1. The predicted octanol–water partition coefficient (Wildman–Crippen LogP) is 0.763. The molecule has 8 nitrogen and oxygen atoms in total. The van der Waals surface area contributed by atoms with Crippen molar-refractivity contribution < 1.29 is 18.0 Å². The number of rotatable bonds is 4. The molecule has 0 bridgehead atoms. The first-order chi connectivity index (χ1) is 12.4. The molecule has 3 rings (SSSR count). The van der Waals surface area contributed by atoms with Crippen molar-refractivity contribution in [1.29, 1.82) is 0 Å². The van der Waals surface area contributed by atoms with Crippen LogP contribution in [0.4, 0.5) is 5.82 Å². The third kappa shape index (κ3) is 3.89. The molecule has 1 aromatic carbocycles. The first kappa shape index (κ1) is 18.0. The number of aryl methyl sites for hydroxylation is 1. The number of anilines is 1. The van der Waals surface area contributed by atoms with E-state index in [0.717, 1.165) is 10.00 Å². The maximum Gasteiger partial charge on any atom is 0.256 e. The molecule has 1 saturated heterocycles. The van der Waals surface area contributed by atoms with Crippen molar-refractivity contribution in [3.63, 3.8) is 0 Å². The van der Waals surface area contributed by atoms with E-state index in [1.54, 1.807) is 25.1 Å². The highest BCUT2D eigenvalue weighted by atomic mass is 32.2. The second kappa shape index (κ2) is 7.22. The van der Waals surface area contributed by atoms with Crippen LogP contribution in [0.5, 0.6) is 0 Å². The summed E-state index contributed by atoms with van der Waals surface area (Å²) in [5.74, 6) is -0.424. The van der Waals surface area contributed by atoms with E-state index >= 15 is 0 Å². The van der Waals surface area contributed by atoms with Crippen LogP contribution in [0.1, 0.15) is 16.1 Å². The van der Waals surface area contributed by atoms with E-state index in [9.17, 15) is 18.0 Å². The molecule has 1 aliphatic heterocycles. The molecule has 1 fully saturated rings. The van der Waals surface area contributed by atoms with Gasteiger partial charge in [0.05, 0.1) is 11.4 Å². The molecule has 0 unspecified atom stereocenters. The Labute approximate surface area is 151 Å². The van der Waals surface area contributed by atoms with Crippen LogP contribution < -0.4 is 10.6 Å². The summed E-state index contributed by atoms with van der Waals surface area (Å²) in [6, 6.07) is 10.9.